The van der Waals surface area contributed by atoms with E-state index in [-0.39, 0.29) is 11.9 Å². The van der Waals surface area contributed by atoms with E-state index in [4.69, 9.17) is 20.8 Å². The predicted octanol–water partition coefficient (Wildman–Crippen LogP) is 4.10. The van der Waals surface area contributed by atoms with E-state index in [2.05, 4.69) is 15.5 Å². The van der Waals surface area contributed by atoms with Crippen LogP contribution in [-0.2, 0) is 0 Å². The summed E-state index contributed by atoms with van der Waals surface area (Å²) in [6.07, 6.45) is 0. The van der Waals surface area contributed by atoms with Gasteiger partial charge in [0, 0.05) is 5.56 Å². The van der Waals surface area contributed by atoms with E-state index in [1.54, 1.807) is 36.4 Å². The summed E-state index contributed by atoms with van der Waals surface area (Å²) in [6.45, 7) is 2.47. The molecule has 1 N–H and O–H groups in total. The van der Waals surface area contributed by atoms with E-state index in [0.29, 0.717) is 28.1 Å². The second-order valence-electron chi connectivity index (χ2n) is 4.43. The van der Waals surface area contributed by atoms with Crippen molar-refractivity contribution < 1.29 is 13.9 Å². The van der Waals surface area contributed by atoms with E-state index >= 15 is 0 Å². The molecular weight excluding hydrogens is 338 g/mol. The summed E-state index contributed by atoms with van der Waals surface area (Å²) in [5.41, 5.74) is 0.465. The molecule has 2 heterocycles. The number of thiophene rings is 1. The highest BCUT2D eigenvalue weighted by atomic mass is 35.5. The molecule has 0 saturated heterocycles. The lowest BCUT2D eigenvalue weighted by Crippen LogP contribution is -2.12. The number of hydrogen-bond acceptors (Lipinski definition) is 6. The van der Waals surface area contributed by atoms with Gasteiger partial charge in [-0.25, -0.2) is 0 Å². The molecule has 0 saturated carbocycles. The monoisotopic (exact) mass is 349 g/mol. The van der Waals surface area contributed by atoms with Crippen molar-refractivity contribution in [3.05, 3.63) is 46.3 Å². The molecule has 1 amide bonds. The van der Waals surface area contributed by atoms with Gasteiger partial charge in [-0.2, -0.15) is 0 Å². The summed E-state index contributed by atoms with van der Waals surface area (Å²) in [6, 6.07) is 10.3. The Hall–Kier alpha value is -2.38. The number of ether oxygens (including phenoxy) is 1. The van der Waals surface area contributed by atoms with Crippen molar-refractivity contribution in [2.24, 2.45) is 0 Å². The molecule has 0 spiro atoms. The number of hydrogen-bond donors (Lipinski definition) is 1. The van der Waals surface area contributed by atoms with Crippen LogP contribution in [0.1, 0.15) is 17.3 Å². The van der Waals surface area contributed by atoms with Crippen molar-refractivity contribution in [3.8, 4) is 16.5 Å². The van der Waals surface area contributed by atoms with Crippen LogP contribution in [0.15, 0.2) is 40.8 Å². The first-order valence-electron chi connectivity index (χ1n) is 6.79. The van der Waals surface area contributed by atoms with Crippen LogP contribution in [0.3, 0.4) is 0 Å². The first-order chi connectivity index (χ1) is 11.2. The quantitative estimate of drug-likeness (QED) is 0.750. The summed E-state index contributed by atoms with van der Waals surface area (Å²) in [5, 5.41) is 10.2. The van der Waals surface area contributed by atoms with Crippen molar-refractivity contribution in [1.29, 1.82) is 0 Å². The van der Waals surface area contributed by atoms with Crippen LogP contribution in [0.2, 0.25) is 4.34 Å². The SMILES string of the molecule is CCOc1ccc(C(=O)Nc2nnc(-c3ccc(Cl)s3)o2)cc1. The van der Waals surface area contributed by atoms with Crippen LogP contribution in [0, 0.1) is 0 Å². The largest absolute Gasteiger partial charge is 0.494 e. The highest BCUT2D eigenvalue weighted by molar-refractivity contribution is 7.19. The molecule has 0 aliphatic carbocycles. The number of nitrogens with zero attached hydrogens (tertiary/aromatic N) is 2. The Morgan fingerprint density at radius 2 is 2.04 bits per heavy atom. The second kappa shape index (κ2) is 6.80. The molecule has 3 aromatic rings. The molecule has 0 unspecified atom stereocenters. The molecule has 0 aliphatic rings. The Kier molecular flexibility index (Phi) is 4.59. The van der Waals surface area contributed by atoms with Gasteiger partial charge in [-0.15, -0.1) is 16.4 Å². The van der Waals surface area contributed by atoms with Crippen LogP contribution < -0.4 is 10.1 Å². The van der Waals surface area contributed by atoms with Gasteiger partial charge >= 0.3 is 6.01 Å². The average molecular weight is 350 g/mol. The Morgan fingerprint density at radius 3 is 2.70 bits per heavy atom. The van der Waals surface area contributed by atoms with Gasteiger partial charge in [0.1, 0.15) is 5.75 Å². The molecule has 0 aliphatic heterocycles. The molecule has 118 valence electrons. The number of rotatable bonds is 5. The van der Waals surface area contributed by atoms with Crippen molar-refractivity contribution in [1.82, 2.24) is 10.2 Å². The molecule has 6 nitrogen and oxygen atoms in total. The van der Waals surface area contributed by atoms with E-state index in [0.717, 1.165) is 4.88 Å². The molecule has 2 aromatic heterocycles. The van der Waals surface area contributed by atoms with Crippen LogP contribution >= 0.6 is 22.9 Å². The Morgan fingerprint density at radius 1 is 1.26 bits per heavy atom. The van der Waals surface area contributed by atoms with Crippen molar-refractivity contribution in [2.75, 3.05) is 11.9 Å². The van der Waals surface area contributed by atoms with E-state index in [1.165, 1.54) is 11.3 Å². The first kappa shape index (κ1) is 15.5. The fraction of sp³-hybridized carbons (Fsp3) is 0.133. The minimum Gasteiger partial charge on any atom is -0.494 e. The zero-order valence-electron chi connectivity index (χ0n) is 12.1. The Balaban J connectivity index is 1.69. The van der Waals surface area contributed by atoms with Crippen LogP contribution in [-0.4, -0.2) is 22.7 Å². The summed E-state index contributed by atoms with van der Waals surface area (Å²) in [5.74, 6) is 0.676. The molecule has 0 radical (unpaired) electrons. The topological polar surface area (TPSA) is 77.2 Å². The third kappa shape index (κ3) is 3.69. The average Bonchev–Trinajstić information content (AvgIpc) is 3.17. The van der Waals surface area contributed by atoms with Gasteiger partial charge in [0.05, 0.1) is 15.8 Å². The fourth-order valence-electron chi connectivity index (χ4n) is 1.84. The number of nitrogens with one attached hydrogen (secondary N) is 1. The maximum absolute atomic E-state index is 12.1. The van der Waals surface area contributed by atoms with Gasteiger partial charge in [-0.3, -0.25) is 10.1 Å². The first-order valence-corrected chi connectivity index (χ1v) is 7.98. The van der Waals surface area contributed by atoms with Gasteiger partial charge in [0.2, 0.25) is 0 Å². The van der Waals surface area contributed by atoms with Gasteiger partial charge < -0.3 is 9.15 Å². The zero-order chi connectivity index (χ0) is 16.2. The highest BCUT2D eigenvalue weighted by Crippen LogP contribution is 2.30. The van der Waals surface area contributed by atoms with Crippen molar-refractivity contribution in [3.63, 3.8) is 0 Å². The Bertz CT molecular complexity index is 813. The van der Waals surface area contributed by atoms with Crippen molar-refractivity contribution in [2.45, 2.75) is 6.92 Å². The predicted molar refractivity (Wildman–Crippen MR) is 88.2 cm³/mol. The number of halogens is 1. The van der Waals surface area contributed by atoms with Crippen molar-refractivity contribution >= 4 is 34.9 Å². The summed E-state index contributed by atoms with van der Waals surface area (Å²) >= 11 is 7.18. The minimum absolute atomic E-state index is 0.0309. The Labute approximate surface area is 141 Å². The number of anilines is 1. The lowest BCUT2D eigenvalue weighted by molar-refractivity contribution is 0.102. The van der Waals surface area contributed by atoms with Crippen LogP contribution in [0.25, 0.3) is 10.8 Å². The van der Waals surface area contributed by atoms with E-state index < -0.39 is 0 Å². The molecule has 0 bridgehead atoms. The lowest BCUT2D eigenvalue weighted by atomic mass is 10.2. The molecule has 0 atom stereocenters. The smallest absolute Gasteiger partial charge is 0.322 e. The van der Waals surface area contributed by atoms with Gasteiger partial charge in [0.25, 0.3) is 11.8 Å². The van der Waals surface area contributed by atoms with Gasteiger partial charge in [0.15, 0.2) is 0 Å². The molecule has 8 heteroatoms. The molecule has 0 fully saturated rings. The van der Waals surface area contributed by atoms with E-state index in [9.17, 15) is 4.79 Å². The third-order valence-corrected chi connectivity index (χ3v) is 4.08. The minimum atomic E-state index is -0.340. The summed E-state index contributed by atoms with van der Waals surface area (Å²) in [7, 11) is 0. The van der Waals surface area contributed by atoms with E-state index in [1.807, 2.05) is 6.92 Å². The standard InChI is InChI=1S/C15H12ClN3O3S/c1-2-21-10-5-3-9(4-6-10)13(20)17-15-19-18-14(22-15)11-7-8-12(16)23-11/h3-8H,2H2,1H3,(H,17,19,20). The maximum atomic E-state index is 12.1. The number of amides is 1. The zero-order valence-corrected chi connectivity index (χ0v) is 13.6. The summed E-state index contributed by atoms with van der Waals surface area (Å²) in [4.78, 5) is 12.9. The van der Waals surface area contributed by atoms with Gasteiger partial charge in [-0.05, 0) is 43.3 Å². The molecule has 3 rings (SSSR count). The molecular formula is C15H12ClN3O3S. The van der Waals surface area contributed by atoms with Crippen LogP contribution in [0.4, 0.5) is 6.01 Å². The highest BCUT2D eigenvalue weighted by Gasteiger charge is 2.14. The molecule has 1 aromatic carbocycles. The number of aromatic nitrogens is 2. The number of carbonyl (C=O) groups is 1. The van der Waals surface area contributed by atoms with Gasteiger partial charge in [-0.1, -0.05) is 16.7 Å². The second-order valence-corrected chi connectivity index (χ2v) is 6.14. The fourth-order valence-corrected chi connectivity index (χ4v) is 2.81. The number of benzene rings is 1. The van der Waals surface area contributed by atoms with Crippen LogP contribution in [0.5, 0.6) is 5.75 Å². The summed E-state index contributed by atoms with van der Waals surface area (Å²) < 4.78 is 11.4. The third-order valence-electron chi connectivity index (χ3n) is 2.86. The number of carbonyl (C=O) groups excluding carboxylic acids is 1. The maximum Gasteiger partial charge on any atom is 0.322 e. The molecule has 23 heavy (non-hydrogen) atoms. The lowest BCUT2D eigenvalue weighted by Gasteiger charge is -2.04. The normalized spacial score (nSPS) is 10.5.